The summed E-state index contributed by atoms with van der Waals surface area (Å²) in [5.41, 5.74) is 0. The lowest BCUT2D eigenvalue weighted by molar-refractivity contribution is 0.187. The molecule has 0 amide bonds. The van der Waals surface area contributed by atoms with E-state index >= 15 is 0 Å². The molecule has 1 heterocycles. The largest absolute Gasteiger partial charge is 0.358 e. The minimum absolute atomic E-state index is 0.508. The van der Waals surface area contributed by atoms with Crippen molar-refractivity contribution in [2.75, 3.05) is 20.6 Å². The molecule has 0 aliphatic carbocycles. The second-order valence-electron chi connectivity index (χ2n) is 7.06. The van der Waals surface area contributed by atoms with Gasteiger partial charge >= 0.3 is 0 Å². The van der Waals surface area contributed by atoms with Crippen LogP contribution in [0.2, 0.25) is 39.3 Å². The highest BCUT2D eigenvalue weighted by atomic mass is 28.4. The summed E-state index contributed by atoms with van der Waals surface area (Å²) in [5, 5.41) is 0. The lowest BCUT2D eigenvalue weighted by Crippen LogP contribution is -2.63. The molecule has 17 heavy (non-hydrogen) atoms. The summed E-state index contributed by atoms with van der Waals surface area (Å²) >= 11 is 0. The SMILES string of the molecule is CN1C=CN(C)C1CN([Si](C)(C)C)[Si](C)(C)C. The molecule has 1 aliphatic heterocycles. The van der Waals surface area contributed by atoms with E-state index in [0.717, 1.165) is 0 Å². The monoisotopic (exact) mass is 271 g/mol. The van der Waals surface area contributed by atoms with Crippen molar-refractivity contribution in [1.29, 1.82) is 0 Å². The number of hydrogen-bond acceptors (Lipinski definition) is 3. The molecule has 0 atom stereocenters. The molecule has 1 rings (SSSR count). The predicted octanol–water partition coefficient (Wildman–Crippen LogP) is 2.63. The second kappa shape index (κ2) is 4.78. The Morgan fingerprint density at radius 1 is 0.882 bits per heavy atom. The molecule has 0 unspecified atom stereocenters. The fourth-order valence-electron chi connectivity index (χ4n) is 2.67. The van der Waals surface area contributed by atoms with Crippen molar-refractivity contribution in [1.82, 2.24) is 14.0 Å². The molecule has 0 aromatic heterocycles. The highest BCUT2D eigenvalue weighted by Crippen LogP contribution is 2.23. The Labute approximate surface area is 109 Å². The summed E-state index contributed by atoms with van der Waals surface area (Å²) in [6, 6.07) is 0. The minimum Gasteiger partial charge on any atom is -0.358 e. The van der Waals surface area contributed by atoms with E-state index in [4.69, 9.17) is 0 Å². The number of hydrogen-bond donors (Lipinski definition) is 0. The highest BCUT2D eigenvalue weighted by Gasteiger charge is 2.37. The zero-order valence-electron chi connectivity index (χ0n) is 12.8. The van der Waals surface area contributed by atoms with Crippen LogP contribution in [-0.4, -0.2) is 57.3 Å². The molecule has 0 aromatic rings. The Bertz CT molecular complexity index is 265. The van der Waals surface area contributed by atoms with E-state index in [0.29, 0.717) is 6.17 Å². The quantitative estimate of drug-likeness (QED) is 0.728. The van der Waals surface area contributed by atoms with Gasteiger partial charge in [0.25, 0.3) is 0 Å². The standard InChI is InChI=1S/C12H29N3Si2/c1-13-9-10-14(2)12(13)11-15(16(3,4)5)17(6,7)8/h9-10,12H,11H2,1-8H3. The molecule has 0 N–H and O–H groups in total. The Hall–Kier alpha value is -0.266. The smallest absolute Gasteiger partial charge is 0.112 e. The molecule has 0 radical (unpaired) electrons. The second-order valence-corrected chi connectivity index (χ2v) is 17.3. The van der Waals surface area contributed by atoms with E-state index in [9.17, 15) is 0 Å². The normalized spacial score (nSPS) is 18.6. The summed E-state index contributed by atoms with van der Waals surface area (Å²) in [7, 11) is 1.89. The number of rotatable bonds is 4. The van der Waals surface area contributed by atoms with E-state index in [-0.39, 0.29) is 0 Å². The molecule has 5 heteroatoms. The topological polar surface area (TPSA) is 9.72 Å². The van der Waals surface area contributed by atoms with Crippen LogP contribution in [0, 0.1) is 0 Å². The van der Waals surface area contributed by atoms with Gasteiger partial charge in [-0.3, -0.25) is 0 Å². The van der Waals surface area contributed by atoms with Gasteiger partial charge in [0.05, 0.1) is 0 Å². The lowest BCUT2D eigenvalue weighted by Gasteiger charge is -2.46. The summed E-state index contributed by atoms with van der Waals surface area (Å²) in [6.45, 7) is 16.0. The summed E-state index contributed by atoms with van der Waals surface area (Å²) in [4.78, 5) is 4.65. The molecular formula is C12H29N3Si2. The maximum Gasteiger partial charge on any atom is 0.112 e. The van der Waals surface area contributed by atoms with Gasteiger partial charge in [-0.05, 0) is 0 Å². The number of likely N-dealkylation sites (N-methyl/N-ethyl adjacent to an activating group) is 2. The molecule has 0 saturated heterocycles. The summed E-state index contributed by atoms with van der Waals surface area (Å²) < 4.78 is 2.85. The van der Waals surface area contributed by atoms with Gasteiger partial charge in [-0.25, -0.2) is 0 Å². The highest BCUT2D eigenvalue weighted by molar-refractivity contribution is 6.89. The van der Waals surface area contributed by atoms with Crippen LogP contribution in [0.4, 0.5) is 0 Å². The lowest BCUT2D eigenvalue weighted by atomic mass is 10.4. The Morgan fingerprint density at radius 2 is 1.24 bits per heavy atom. The van der Waals surface area contributed by atoms with Crippen molar-refractivity contribution < 1.29 is 0 Å². The van der Waals surface area contributed by atoms with Gasteiger partial charge in [-0.1, -0.05) is 39.3 Å². The first-order valence-corrected chi connectivity index (χ1v) is 13.3. The zero-order chi connectivity index (χ0) is 13.4. The van der Waals surface area contributed by atoms with E-state index in [2.05, 4.69) is 79.8 Å². The molecule has 0 aromatic carbocycles. The van der Waals surface area contributed by atoms with Gasteiger partial charge in [-0.2, -0.15) is 0 Å². The van der Waals surface area contributed by atoms with Gasteiger partial charge in [0.2, 0.25) is 0 Å². The van der Waals surface area contributed by atoms with Gasteiger partial charge in [0.15, 0.2) is 0 Å². The van der Waals surface area contributed by atoms with Crippen molar-refractivity contribution in [3.05, 3.63) is 12.4 Å². The van der Waals surface area contributed by atoms with E-state index in [1.165, 1.54) is 6.54 Å². The molecule has 1 aliphatic rings. The zero-order valence-corrected chi connectivity index (χ0v) is 14.8. The summed E-state index contributed by atoms with van der Waals surface area (Å²) in [5.74, 6) is 0. The molecule has 0 fully saturated rings. The van der Waals surface area contributed by atoms with Crippen LogP contribution in [0.5, 0.6) is 0 Å². The predicted molar refractivity (Wildman–Crippen MR) is 81.9 cm³/mol. The van der Waals surface area contributed by atoms with Crippen LogP contribution >= 0.6 is 0 Å². The van der Waals surface area contributed by atoms with Crippen molar-refractivity contribution in [2.45, 2.75) is 45.4 Å². The molecule has 0 saturated carbocycles. The maximum atomic E-state index is 2.85. The van der Waals surface area contributed by atoms with Gasteiger partial charge in [0, 0.05) is 33.0 Å². The molecule has 0 bridgehead atoms. The van der Waals surface area contributed by atoms with Crippen LogP contribution in [-0.2, 0) is 0 Å². The summed E-state index contributed by atoms with van der Waals surface area (Å²) in [6.07, 6.45) is 4.86. The Balaban J connectivity index is 2.82. The fourth-order valence-corrected chi connectivity index (χ4v) is 12.1. The molecule has 100 valence electrons. The third-order valence-corrected chi connectivity index (χ3v) is 11.1. The van der Waals surface area contributed by atoms with Crippen LogP contribution in [0.1, 0.15) is 0 Å². The third-order valence-electron chi connectivity index (χ3n) is 3.44. The minimum atomic E-state index is -1.23. The third kappa shape index (κ3) is 3.59. The first-order chi connectivity index (χ1) is 7.53. The average Bonchev–Trinajstić information content (AvgIpc) is 2.39. The first-order valence-electron chi connectivity index (χ1n) is 6.43. The Kier molecular flexibility index (Phi) is 4.16. The molecule has 3 nitrogen and oxygen atoms in total. The fraction of sp³-hybridized carbons (Fsp3) is 0.833. The van der Waals surface area contributed by atoms with Crippen molar-refractivity contribution in [3.8, 4) is 0 Å². The first kappa shape index (κ1) is 14.8. The number of nitrogens with zero attached hydrogens (tertiary/aromatic N) is 3. The van der Waals surface area contributed by atoms with Crippen LogP contribution in [0.25, 0.3) is 0 Å². The average molecular weight is 272 g/mol. The van der Waals surface area contributed by atoms with Crippen molar-refractivity contribution in [3.63, 3.8) is 0 Å². The van der Waals surface area contributed by atoms with Gasteiger partial charge < -0.3 is 14.0 Å². The van der Waals surface area contributed by atoms with E-state index < -0.39 is 16.5 Å². The van der Waals surface area contributed by atoms with Crippen LogP contribution in [0.3, 0.4) is 0 Å². The van der Waals surface area contributed by atoms with Crippen LogP contribution < -0.4 is 0 Å². The van der Waals surface area contributed by atoms with Crippen molar-refractivity contribution in [2.24, 2.45) is 0 Å². The van der Waals surface area contributed by atoms with E-state index in [1.54, 1.807) is 0 Å². The maximum absolute atomic E-state index is 2.85. The van der Waals surface area contributed by atoms with Gasteiger partial charge in [-0.15, -0.1) is 0 Å². The van der Waals surface area contributed by atoms with Crippen molar-refractivity contribution >= 4 is 16.5 Å². The molecule has 0 spiro atoms. The van der Waals surface area contributed by atoms with Crippen LogP contribution in [0.15, 0.2) is 12.4 Å². The van der Waals surface area contributed by atoms with Gasteiger partial charge in [0.1, 0.15) is 22.6 Å². The molecular weight excluding hydrogens is 242 g/mol. The van der Waals surface area contributed by atoms with E-state index in [1.807, 2.05) is 0 Å². The Morgan fingerprint density at radius 3 is 1.53 bits per heavy atom.